The fourth-order valence-electron chi connectivity index (χ4n) is 3.88. The molecule has 2 amide bonds. The fraction of sp³-hybridized carbons (Fsp3) is 0.308. The van der Waals surface area contributed by atoms with Crippen LogP contribution in [0.2, 0.25) is 0 Å². The summed E-state index contributed by atoms with van der Waals surface area (Å²) in [5, 5.41) is 5.71. The Morgan fingerprint density at radius 1 is 0.970 bits per heavy atom. The first kappa shape index (κ1) is 22.8. The quantitative estimate of drug-likeness (QED) is 0.521. The maximum atomic E-state index is 12.7. The van der Waals surface area contributed by atoms with Crippen molar-refractivity contribution in [3.05, 3.63) is 89.9 Å². The van der Waals surface area contributed by atoms with E-state index in [9.17, 15) is 9.59 Å². The molecule has 7 heteroatoms. The largest absolute Gasteiger partial charge is 0.467 e. The van der Waals surface area contributed by atoms with E-state index in [1.165, 1.54) is 5.56 Å². The predicted octanol–water partition coefficient (Wildman–Crippen LogP) is 3.83. The maximum absolute atomic E-state index is 12.7. The molecular formula is C26H29N3O4. The van der Waals surface area contributed by atoms with E-state index in [0.29, 0.717) is 23.6 Å². The normalized spacial score (nSPS) is 14.7. The SMILES string of the molecule is O=C(CN1CCC(OCc2ccccc2)CC1)Nc1ccccc1C(=O)NCc1ccco1. The van der Waals surface area contributed by atoms with Gasteiger partial charge in [-0.3, -0.25) is 14.5 Å². The van der Waals surface area contributed by atoms with E-state index in [2.05, 4.69) is 27.7 Å². The number of carbonyl (C=O) groups excluding carboxylic acids is 2. The number of benzene rings is 2. The van der Waals surface area contributed by atoms with Crippen molar-refractivity contribution in [1.29, 1.82) is 0 Å². The highest BCUT2D eigenvalue weighted by Crippen LogP contribution is 2.18. The summed E-state index contributed by atoms with van der Waals surface area (Å²) < 4.78 is 11.3. The molecule has 1 saturated heterocycles. The van der Waals surface area contributed by atoms with Crippen LogP contribution in [0.4, 0.5) is 5.69 Å². The Bertz CT molecular complexity index is 1030. The molecule has 4 rings (SSSR count). The number of rotatable bonds is 9. The van der Waals surface area contributed by atoms with Crippen LogP contribution in [0.1, 0.15) is 34.5 Å². The van der Waals surface area contributed by atoms with Gasteiger partial charge in [-0.25, -0.2) is 0 Å². The van der Waals surface area contributed by atoms with E-state index in [-0.39, 0.29) is 31.0 Å². The van der Waals surface area contributed by atoms with Crippen molar-refractivity contribution in [2.24, 2.45) is 0 Å². The Morgan fingerprint density at radius 3 is 2.48 bits per heavy atom. The second-order valence-corrected chi connectivity index (χ2v) is 8.13. The lowest BCUT2D eigenvalue weighted by molar-refractivity contribution is -0.118. The summed E-state index contributed by atoms with van der Waals surface area (Å²) >= 11 is 0. The number of likely N-dealkylation sites (tertiary alicyclic amines) is 1. The van der Waals surface area contributed by atoms with Gasteiger partial charge in [-0.1, -0.05) is 42.5 Å². The summed E-state index contributed by atoms with van der Waals surface area (Å²) in [6, 6.07) is 20.7. The number of para-hydroxylation sites is 1. The molecule has 1 aromatic heterocycles. The summed E-state index contributed by atoms with van der Waals surface area (Å²) in [5.74, 6) is 0.268. The Labute approximate surface area is 193 Å². The minimum absolute atomic E-state index is 0.134. The third kappa shape index (κ3) is 6.78. The van der Waals surface area contributed by atoms with E-state index in [0.717, 1.165) is 25.9 Å². The lowest BCUT2D eigenvalue weighted by Gasteiger charge is -2.31. The Balaban J connectivity index is 1.23. The van der Waals surface area contributed by atoms with Gasteiger partial charge < -0.3 is 19.8 Å². The van der Waals surface area contributed by atoms with Crippen LogP contribution >= 0.6 is 0 Å². The van der Waals surface area contributed by atoms with Crippen LogP contribution in [-0.4, -0.2) is 42.5 Å². The van der Waals surface area contributed by atoms with Gasteiger partial charge in [0, 0.05) is 13.1 Å². The summed E-state index contributed by atoms with van der Waals surface area (Å²) in [7, 11) is 0. The predicted molar refractivity (Wildman–Crippen MR) is 126 cm³/mol. The number of nitrogens with one attached hydrogen (secondary N) is 2. The summed E-state index contributed by atoms with van der Waals surface area (Å²) in [5.41, 5.74) is 2.09. The molecule has 33 heavy (non-hydrogen) atoms. The first-order valence-electron chi connectivity index (χ1n) is 11.2. The van der Waals surface area contributed by atoms with Crippen LogP contribution in [0.3, 0.4) is 0 Å². The third-order valence-electron chi connectivity index (χ3n) is 5.68. The van der Waals surface area contributed by atoms with Gasteiger partial charge >= 0.3 is 0 Å². The van der Waals surface area contributed by atoms with Crippen molar-refractivity contribution in [2.75, 3.05) is 25.0 Å². The second-order valence-electron chi connectivity index (χ2n) is 8.13. The summed E-state index contributed by atoms with van der Waals surface area (Å²) in [4.78, 5) is 27.4. The van der Waals surface area contributed by atoms with E-state index in [1.807, 2.05) is 18.2 Å². The van der Waals surface area contributed by atoms with Crippen molar-refractivity contribution in [2.45, 2.75) is 32.1 Å². The molecule has 2 N–H and O–H groups in total. The Kier molecular flexibility index (Phi) is 7.90. The Morgan fingerprint density at radius 2 is 1.73 bits per heavy atom. The van der Waals surface area contributed by atoms with Crippen LogP contribution in [0.5, 0.6) is 0 Å². The monoisotopic (exact) mass is 447 g/mol. The average molecular weight is 448 g/mol. The number of amides is 2. The van der Waals surface area contributed by atoms with Crippen LogP contribution in [0.15, 0.2) is 77.4 Å². The van der Waals surface area contributed by atoms with Crippen LogP contribution in [-0.2, 0) is 22.7 Å². The highest BCUT2D eigenvalue weighted by atomic mass is 16.5. The molecule has 1 fully saturated rings. The molecule has 0 radical (unpaired) electrons. The zero-order valence-corrected chi connectivity index (χ0v) is 18.5. The second kappa shape index (κ2) is 11.4. The number of carbonyl (C=O) groups is 2. The molecule has 2 heterocycles. The minimum atomic E-state index is -0.265. The van der Waals surface area contributed by atoms with Gasteiger partial charge in [-0.15, -0.1) is 0 Å². The topological polar surface area (TPSA) is 83.8 Å². The number of anilines is 1. The molecule has 172 valence electrons. The zero-order valence-electron chi connectivity index (χ0n) is 18.5. The fourth-order valence-corrected chi connectivity index (χ4v) is 3.88. The number of hydrogen-bond acceptors (Lipinski definition) is 5. The van der Waals surface area contributed by atoms with Gasteiger partial charge in [0.25, 0.3) is 5.91 Å². The van der Waals surface area contributed by atoms with Crippen molar-refractivity contribution < 1.29 is 18.7 Å². The van der Waals surface area contributed by atoms with Gasteiger partial charge in [-0.2, -0.15) is 0 Å². The van der Waals surface area contributed by atoms with Gasteiger partial charge in [0.05, 0.1) is 43.3 Å². The third-order valence-corrected chi connectivity index (χ3v) is 5.68. The molecule has 0 spiro atoms. The zero-order chi connectivity index (χ0) is 22.9. The van der Waals surface area contributed by atoms with Gasteiger partial charge in [0.2, 0.25) is 5.91 Å². The summed E-state index contributed by atoms with van der Waals surface area (Å²) in [6.45, 7) is 2.80. The standard InChI is InChI=1S/C26H29N3O4/c30-25(18-29-14-12-21(13-15-29)33-19-20-7-2-1-3-8-20)28-24-11-5-4-10-23(24)26(31)27-17-22-9-6-16-32-22/h1-11,16,21H,12-15,17-19H2,(H,27,31)(H,28,30). The summed E-state index contributed by atoms with van der Waals surface area (Å²) in [6.07, 6.45) is 3.56. The van der Waals surface area contributed by atoms with Crippen LogP contribution in [0.25, 0.3) is 0 Å². The number of hydrogen-bond donors (Lipinski definition) is 2. The van der Waals surface area contributed by atoms with Gasteiger partial charge in [0.1, 0.15) is 5.76 Å². The average Bonchev–Trinajstić information content (AvgIpc) is 3.37. The maximum Gasteiger partial charge on any atom is 0.253 e. The highest BCUT2D eigenvalue weighted by Gasteiger charge is 2.22. The molecule has 1 aliphatic heterocycles. The molecule has 0 unspecified atom stereocenters. The van der Waals surface area contributed by atoms with Crippen molar-refractivity contribution in [3.8, 4) is 0 Å². The molecule has 0 atom stereocenters. The molecule has 0 bridgehead atoms. The lowest BCUT2D eigenvalue weighted by Crippen LogP contribution is -2.41. The molecule has 0 aliphatic carbocycles. The van der Waals surface area contributed by atoms with Gasteiger partial charge in [-0.05, 0) is 42.7 Å². The van der Waals surface area contributed by atoms with Crippen molar-refractivity contribution in [3.63, 3.8) is 0 Å². The number of nitrogens with zero attached hydrogens (tertiary/aromatic N) is 1. The Hall–Kier alpha value is -3.42. The van der Waals surface area contributed by atoms with Crippen LogP contribution in [0, 0.1) is 0 Å². The van der Waals surface area contributed by atoms with E-state index in [1.54, 1.807) is 42.7 Å². The first-order valence-corrected chi connectivity index (χ1v) is 11.2. The molecular weight excluding hydrogens is 418 g/mol. The highest BCUT2D eigenvalue weighted by molar-refractivity contribution is 6.04. The molecule has 3 aromatic rings. The smallest absolute Gasteiger partial charge is 0.253 e. The van der Waals surface area contributed by atoms with E-state index < -0.39 is 0 Å². The molecule has 0 saturated carbocycles. The molecule has 7 nitrogen and oxygen atoms in total. The number of piperidine rings is 1. The molecule has 1 aliphatic rings. The van der Waals surface area contributed by atoms with Crippen molar-refractivity contribution >= 4 is 17.5 Å². The number of furan rings is 1. The van der Waals surface area contributed by atoms with Crippen molar-refractivity contribution in [1.82, 2.24) is 10.2 Å². The number of ether oxygens (including phenoxy) is 1. The van der Waals surface area contributed by atoms with E-state index in [4.69, 9.17) is 9.15 Å². The van der Waals surface area contributed by atoms with Gasteiger partial charge in [0.15, 0.2) is 0 Å². The lowest BCUT2D eigenvalue weighted by atomic mass is 10.1. The first-order chi connectivity index (χ1) is 16.2. The molecule has 2 aromatic carbocycles. The minimum Gasteiger partial charge on any atom is -0.467 e. The van der Waals surface area contributed by atoms with Crippen LogP contribution < -0.4 is 10.6 Å². The van der Waals surface area contributed by atoms with E-state index >= 15 is 0 Å².